The summed E-state index contributed by atoms with van der Waals surface area (Å²) < 4.78 is 7.19. The van der Waals surface area contributed by atoms with E-state index in [1.54, 1.807) is 7.11 Å². The predicted octanol–water partition coefficient (Wildman–Crippen LogP) is 2.05. The molecule has 3 N–H and O–H groups in total. The van der Waals surface area contributed by atoms with E-state index in [-0.39, 0.29) is 12.5 Å². The third-order valence-corrected chi connectivity index (χ3v) is 3.34. The van der Waals surface area contributed by atoms with Crippen LogP contribution in [-0.4, -0.2) is 22.8 Å². The molecule has 1 unspecified atom stereocenters. The number of rotatable bonds is 5. The van der Waals surface area contributed by atoms with Crippen LogP contribution in [0.5, 0.6) is 5.75 Å². The van der Waals surface area contributed by atoms with Crippen molar-refractivity contribution in [1.29, 1.82) is 0 Å². The van der Waals surface area contributed by atoms with Gasteiger partial charge in [0, 0.05) is 36.7 Å². The van der Waals surface area contributed by atoms with Crippen LogP contribution in [0.2, 0.25) is 0 Å². The van der Waals surface area contributed by atoms with E-state index in [1.165, 1.54) is 0 Å². The molecule has 0 aliphatic rings. The Morgan fingerprint density at radius 2 is 2.21 bits per heavy atom. The lowest BCUT2D eigenvalue weighted by molar-refractivity contribution is -0.137. The monoisotopic (exact) mass is 262 g/mol. The fourth-order valence-corrected chi connectivity index (χ4v) is 2.24. The summed E-state index contributed by atoms with van der Waals surface area (Å²) in [7, 11) is 3.56. The molecule has 0 spiro atoms. The van der Waals surface area contributed by atoms with E-state index < -0.39 is 5.97 Å². The lowest BCUT2D eigenvalue weighted by Gasteiger charge is -2.12. The molecule has 1 atom stereocenters. The number of aliphatic carboxylic acids is 1. The summed E-state index contributed by atoms with van der Waals surface area (Å²) in [4.78, 5) is 10.6. The molecule has 0 saturated carbocycles. The first-order valence-corrected chi connectivity index (χ1v) is 6.13. The minimum absolute atomic E-state index is 0.0754. The number of nitrogens with two attached hydrogens (primary N) is 1. The van der Waals surface area contributed by atoms with Crippen LogP contribution in [0.1, 0.15) is 24.6 Å². The van der Waals surface area contributed by atoms with Gasteiger partial charge in [0.05, 0.1) is 12.6 Å². The average molecular weight is 262 g/mol. The van der Waals surface area contributed by atoms with Crippen molar-refractivity contribution in [3.63, 3.8) is 0 Å². The molecule has 1 aromatic heterocycles. The van der Waals surface area contributed by atoms with Crippen LogP contribution in [-0.2, 0) is 11.8 Å². The molecule has 0 amide bonds. The van der Waals surface area contributed by atoms with Crippen LogP contribution in [0.4, 0.5) is 0 Å². The summed E-state index contributed by atoms with van der Waals surface area (Å²) in [5.74, 6) is -0.0322. The van der Waals surface area contributed by atoms with Gasteiger partial charge in [-0.3, -0.25) is 4.79 Å². The second-order valence-electron chi connectivity index (χ2n) is 4.59. The van der Waals surface area contributed by atoms with Crippen molar-refractivity contribution in [3.8, 4) is 5.75 Å². The van der Waals surface area contributed by atoms with Crippen molar-refractivity contribution < 1.29 is 14.6 Å². The van der Waals surface area contributed by atoms with Gasteiger partial charge in [0.25, 0.3) is 0 Å². The molecule has 0 aliphatic heterocycles. The summed E-state index contributed by atoms with van der Waals surface area (Å²) >= 11 is 0. The normalized spacial score (nSPS) is 12.6. The molecular formula is C14H18N2O3. The quantitative estimate of drug-likeness (QED) is 0.864. The van der Waals surface area contributed by atoms with Gasteiger partial charge in [-0.1, -0.05) is 0 Å². The SMILES string of the molecule is COc1ccc2cc(C(N)CCC(=O)O)n(C)c2c1. The van der Waals surface area contributed by atoms with Crippen molar-refractivity contribution >= 4 is 16.9 Å². The molecule has 5 nitrogen and oxygen atoms in total. The molecule has 2 aromatic rings. The smallest absolute Gasteiger partial charge is 0.303 e. The summed E-state index contributed by atoms with van der Waals surface area (Å²) in [5, 5.41) is 9.78. The largest absolute Gasteiger partial charge is 0.497 e. The van der Waals surface area contributed by atoms with E-state index in [0.717, 1.165) is 22.3 Å². The first-order valence-electron chi connectivity index (χ1n) is 6.13. The van der Waals surface area contributed by atoms with Gasteiger partial charge in [0.1, 0.15) is 5.75 Å². The lowest BCUT2D eigenvalue weighted by atomic mass is 10.1. The van der Waals surface area contributed by atoms with Gasteiger partial charge in [0.2, 0.25) is 0 Å². The molecule has 2 rings (SSSR count). The summed E-state index contributed by atoms with van der Waals surface area (Å²) in [6.07, 6.45) is 0.503. The maximum atomic E-state index is 10.6. The summed E-state index contributed by atoms with van der Waals surface area (Å²) in [6.45, 7) is 0. The second kappa shape index (κ2) is 5.32. The Morgan fingerprint density at radius 1 is 1.47 bits per heavy atom. The Bertz CT molecular complexity index is 604. The Labute approximate surface area is 111 Å². The second-order valence-corrected chi connectivity index (χ2v) is 4.59. The maximum Gasteiger partial charge on any atom is 0.303 e. The van der Waals surface area contributed by atoms with Gasteiger partial charge in [0.15, 0.2) is 0 Å². The number of aromatic nitrogens is 1. The lowest BCUT2D eigenvalue weighted by Crippen LogP contribution is -2.15. The van der Waals surface area contributed by atoms with Gasteiger partial charge in [-0.15, -0.1) is 0 Å². The number of hydrogen-bond acceptors (Lipinski definition) is 3. The highest BCUT2D eigenvalue weighted by atomic mass is 16.5. The third kappa shape index (κ3) is 2.71. The zero-order valence-corrected chi connectivity index (χ0v) is 11.1. The maximum absolute atomic E-state index is 10.6. The molecule has 0 aliphatic carbocycles. The highest BCUT2D eigenvalue weighted by molar-refractivity contribution is 5.83. The van der Waals surface area contributed by atoms with E-state index in [2.05, 4.69) is 0 Å². The number of carboxylic acids is 1. The topological polar surface area (TPSA) is 77.5 Å². The Kier molecular flexibility index (Phi) is 3.76. The Balaban J connectivity index is 2.33. The number of carbonyl (C=O) groups is 1. The first-order chi connectivity index (χ1) is 9.02. The molecule has 0 radical (unpaired) electrons. The van der Waals surface area contributed by atoms with E-state index in [9.17, 15) is 4.79 Å². The van der Waals surface area contributed by atoms with E-state index >= 15 is 0 Å². The zero-order valence-electron chi connectivity index (χ0n) is 11.1. The number of benzene rings is 1. The van der Waals surface area contributed by atoms with Crippen molar-refractivity contribution in [1.82, 2.24) is 4.57 Å². The minimum atomic E-state index is -0.823. The van der Waals surface area contributed by atoms with Gasteiger partial charge >= 0.3 is 5.97 Å². The van der Waals surface area contributed by atoms with Crippen LogP contribution in [0.15, 0.2) is 24.3 Å². The Morgan fingerprint density at radius 3 is 2.84 bits per heavy atom. The van der Waals surface area contributed by atoms with Gasteiger partial charge < -0.3 is 20.1 Å². The van der Waals surface area contributed by atoms with Crippen molar-refractivity contribution in [3.05, 3.63) is 30.0 Å². The molecule has 102 valence electrons. The number of hydrogen-bond donors (Lipinski definition) is 2. The fraction of sp³-hybridized carbons (Fsp3) is 0.357. The third-order valence-electron chi connectivity index (χ3n) is 3.34. The van der Waals surface area contributed by atoms with Crippen LogP contribution in [0, 0.1) is 0 Å². The predicted molar refractivity (Wildman–Crippen MR) is 73.3 cm³/mol. The zero-order chi connectivity index (χ0) is 14.0. The van der Waals surface area contributed by atoms with Crippen molar-refractivity contribution in [2.75, 3.05) is 7.11 Å². The number of carboxylic acid groups (broad SMARTS) is 1. The minimum Gasteiger partial charge on any atom is -0.497 e. The molecule has 19 heavy (non-hydrogen) atoms. The highest BCUT2D eigenvalue weighted by Gasteiger charge is 2.14. The van der Waals surface area contributed by atoms with Gasteiger partial charge in [-0.2, -0.15) is 0 Å². The van der Waals surface area contributed by atoms with Crippen molar-refractivity contribution in [2.45, 2.75) is 18.9 Å². The molecule has 0 saturated heterocycles. The van der Waals surface area contributed by atoms with Gasteiger partial charge in [-0.25, -0.2) is 0 Å². The number of fused-ring (bicyclic) bond motifs is 1. The summed E-state index contributed by atoms with van der Waals surface area (Å²) in [5.41, 5.74) is 8.03. The number of aryl methyl sites for hydroxylation is 1. The molecule has 0 fully saturated rings. The van der Waals surface area contributed by atoms with Crippen LogP contribution in [0.3, 0.4) is 0 Å². The first kappa shape index (κ1) is 13.4. The molecule has 5 heteroatoms. The fourth-order valence-electron chi connectivity index (χ4n) is 2.24. The van der Waals surface area contributed by atoms with Crippen LogP contribution < -0.4 is 10.5 Å². The number of methoxy groups -OCH3 is 1. The van der Waals surface area contributed by atoms with Crippen molar-refractivity contribution in [2.24, 2.45) is 12.8 Å². The molecule has 1 aromatic carbocycles. The number of nitrogens with zero attached hydrogens (tertiary/aromatic N) is 1. The highest BCUT2D eigenvalue weighted by Crippen LogP contribution is 2.27. The molecule has 1 heterocycles. The van der Waals surface area contributed by atoms with E-state index in [4.69, 9.17) is 15.6 Å². The number of ether oxygens (including phenoxy) is 1. The van der Waals surface area contributed by atoms with Crippen LogP contribution >= 0.6 is 0 Å². The molecule has 0 bridgehead atoms. The van der Waals surface area contributed by atoms with E-state index in [0.29, 0.717) is 6.42 Å². The standard InChI is InChI=1S/C14H18N2O3/c1-16-12-8-10(19-2)4-3-9(12)7-13(16)11(15)5-6-14(17)18/h3-4,7-8,11H,5-6,15H2,1-2H3,(H,17,18). The summed E-state index contributed by atoms with van der Waals surface area (Å²) in [6, 6.07) is 7.54. The average Bonchev–Trinajstić information content (AvgIpc) is 2.73. The van der Waals surface area contributed by atoms with E-state index in [1.807, 2.05) is 35.9 Å². The van der Waals surface area contributed by atoms with Gasteiger partial charge in [-0.05, 0) is 24.6 Å². The Hall–Kier alpha value is -2.01. The van der Waals surface area contributed by atoms with Crippen LogP contribution in [0.25, 0.3) is 10.9 Å². The molecular weight excluding hydrogens is 244 g/mol.